The summed E-state index contributed by atoms with van der Waals surface area (Å²) in [5, 5.41) is 3.38. The van der Waals surface area contributed by atoms with Crippen LogP contribution in [0, 0.1) is 5.92 Å². The van der Waals surface area contributed by atoms with Crippen LogP contribution in [0.2, 0.25) is 0 Å². The summed E-state index contributed by atoms with van der Waals surface area (Å²) in [5.41, 5.74) is -0.475. The van der Waals surface area contributed by atoms with Gasteiger partial charge in [0.05, 0.1) is 6.61 Å². The van der Waals surface area contributed by atoms with Crippen molar-refractivity contribution in [2.45, 2.75) is 25.3 Å². The molecular formula is C13H22N2O2. The zero-order valence-electron chi connectivity index (χ0n) is 10.6. The molecule has 2 aliphatic rings. The molecule has 17 heavy (non-hydrogen) atoms. The van der Waals surface area contributed by atoms with Crippen LogP contribution in [0.3, 0.4) is 0 Å². The van der Waals surface area contributed by atoms with Crippen molar-refractivity contribution < 1.29 is 9.53 Å². The third kappa shape index (κ3) is 2.24. The van der Waals surface area contributed by atoms with Gasteiger partial charge in [0, 0.05) is 25.6 Å². The number of esters is 1. The van der Waals surface area contributed by atoms with Crippen LogP contribution in [0.4, 0.5) is 0 Å². The van der Waals surface area contributed by atoms with Crippen molar-refractivity contribution in [1.82, 2.24) is 10.2 Å². The summed E-state index contributed by atoms with van der Waals surface area (Å²) in [4.78, 5) is 14.7. The number of nitrogens with one attached hydrogen (secondary N) is 1. The molecule has 2 heterocycles. The molecular weight excluding hydrogens is 216 g/mol. The third-order valence-corrected chi connectivity index (χ3v) is 3.99. The van der Waals surface area contributed by atoms with Gasteiger partial charge in [0.2, 0.25) is 0 Å². The topological polar surface area (TPSA) is 41.6 Å². The van der Waals surface area contributed by atoms with Crippen molar-refractivity contribution in [1.29, 1.82) is 0 Å². The third-order valence-electron chi connectivity index (χ3n) is 3.99. The Labute approximate surface area is 103 Å². The molecule has 2 rings (SSSR count). The van der Waals surface area contributed by atoms with Gasteiger partial charge in [0.15, 0.2) is 0 Å². The van der Waals surface area contributed by atoms with E-state index in [1.54, 1.807) is 0 Å². The fourth-order valence-corrected chi connectivity index (χ4v) is 3.06. The van der Waals surface area contributed by atoms with Crippen molar-refractivity contribution in [2.24, 2.45) is 5.92 Å². The number of nitrogens with zero attached hydrogens (tertiary/aromatic N) is 1. The second kappa shape index (κ2) is 5.19. The van der Waals surface area contributed by atoms with E-state index >= 15 is 0 Å². The molecule has 96 valence electrons. The Kier molecular flexibility index (Phi) is 3.84. The largest absolute Gasteiger partial charge is 0.465 e. The lowest BCUT2D eigenvalue weighted by molar-refractivity contribution is -0.155. The molecule has 0 aliphatic carbocycles. The molecule has 4 nitrogen and oxygen atoms in total. The van der Waals surface area contributed by atoms with Gasteiger partial charge in [-0.1, -0.05) is 6.08 Å². The minimum Gasteiger partial charge on any atom is -0.465 e. The number of ether oxygens (including phenoxy) is 1. The number of rotatable bonds is 5. The minimum absolute atomic E-state index is 0.0756. The summed E-state index contributed by atoms with van der Waals surface area (Å²) >= 11 is 0. The van der Waals surface area contributed by atoms with E-state index in [2.05, 4.69) is 16.8 Å². The van der Waals surface area contributed by atoms with Gasteiger partial charge < -0.3 is 9.64 Å². The first-order valence-electron chi connectivity index (χ1n) is 6.48. The van der Waals surface area contributed by atoms with Crippen LogP contribution in [0.5, 0.6) is 0 Å². The van der Waals surface area contributed by atoms with Crippen LogP contribution >= 0.6 is 0 Å². The molecule has 2 fully saturated rings. The van der Waals surface area contributed by atoms with Gasteiger partial charge in [0.1, 0.15) is 5.54 Å². The predicted molar refractivity (Wildman–Crippen MR) is 66.7 cm³/mol. The lowest BCUT2D eigenvalue weighted by Gasteiger charge is -2.41. The summed E-state index contributed by atoms with van der Waals surface area (Å²) in [6.45, 7) is 9.81. The molecule has 0 saturated carbocycles. The van der Waals surface area contributed by atoms with Crippen LogP contribution in [0.15, 0.2) is 12.7 Å². The second-order valence-corrected chi connectivity index (χ2v) is 4.90. The molecule has 2 bridgehead atoms. The first kappa shape index (κ1) is 12.6. The van der Waals surface area contributed by atoms with E-state index in [0.29, 0.717) is 19.1 Å². The van der Waals surface area contributed by atoms with E-state index in [4.69, 9.17) is 4.74 Å². The highest BCUT2D eigenvalue weighted by Crippen LogP contribution is 2.36. The van der Waals surface area contributed by atoms with E-state index in [0.717, 1.165) is 32.5 Å². The van der Waals surface area contributed by atoms with E-state index < -0.39 is 5.54 Å². The zero-order valence-corrected chi connectivity index (χ0v) is 10.6. The van der Waals surface area contributed by atoms with Gasteiger partial charge >= 0.3 is 5.97 Å². The van der Waals surface area contributed by atoms with Crippen LogP contribution in [-0.2, 0) is 9.53 Å². The Morgan fingerprint density at radius 3 is 3.18 bits per heavy atom. The van der Waals surface area contributed by atoms with Crippen LogP contribution < -0.4 is 5.32 Å². The number of carbonyl (C=O) groups excluding carboxylic acids is 1. The number of piperidine rings is 1. The Morgan fingerprint density at radius 2 is 2.47 bits per heavy atom. The van der Waals surface area contributed by atoms with Crippen molar-refractivity contribution in [3.63, 3.8) is 0 Å². The monoisotopic (exact) mass is 238 g/mol. The summed E-state index contributed by atoms with van der Waals surface area (Å²) in [5.74, 6) is 0.309. The summed E-state index contributed by atoms with van der Waals surface area (Å²) in [6, 6.07) is 0. The molecule has 1 N–H and O–H groups in total. The smallest absolute Gasteiger partial charge is 0.326 e. The Hall–Kier alpha value is -0.870. The van der Waals surface area contributed by atoms with Crippen LogP contribution in [0.25, 0.3) is 0 Å². The van der Waals surface area contributed by atoms with Gasteiger partial charge in [-0.25, -0.2) is 0 Å². The Morgan fingerprint density at radius 1 is 1.65 bits per heavy atom. The summed E-state index contributed by atoms with van der Waals surface area (Å²) in [6.07, 6.45) is 3.75. The molecule has 0 aromatic heterocycles. The van der Waals surface area contributed by atoms with Crippen molar-refractivity contribution in [3.8, 4) is 0 Å². The van der Waals surface area contributed by atoms with Crippen LogP contribution in [-0.4, -0.2) is 49.2 Å². The predicted octanol–water partition coefficient (Wildman–Crippen LogP) is 0.789. The number of fused-ring (bicyclic) bond motifs is 2. The second-order valence-electron chi connectivity index (χ2n) is 4.90. The fraction of sp³-hybridized carbons (Fsp3) is 0.769. The van der Waals surface area contributed by atoms with Gasteiger partial charge in [-0.3, -0.25) is 10.1 Å². The standard InChI is InChI=1S/C13H22N2O2/c1-3-7-14-13(12(16)17-4-2)6-9-15-8-5-11(13)10-15/h3,11,14H,1,4-10H2,2H3. The number of carbonyl (C=O) groups is 1. The van der Waals surface area contributed by atoms with E-state index in [9.17, 15) is 4.79 Å². The quantitative estimate of drug-likeness (QED) is 0.568. The first-order valence-corrected chi connectivity index (χ1v) is 6.48. The van der Waals surface area contributed by atoms with E-state index in [1.807, 2.05) is 13.0 Å². The molecule has 0 radical (unpaired) electrons. The first-order chi connectivity index (χ1) is 8.23. The van der Waals surface area contributed by atoms with Crippen molar-refractivity contribution >= 4 is 5.97 Å². The zero-order chi connectivity index (χ0) is 12.3. The number of hydrogen-bond acceptors (Lipinski definition) is 4. The highest BCUT2D eigenvalue weighted by Gasteiger charge is 2.51. The lowest BCUT2D eigenvalue weighted by atomic mass is 9.78. The molecule has 0 amide bonds. The average molecular weight is 238 g/mol. The van der Waals surface area contributed by atoms with Gasteiger partial charge in [-0.15, -0.1) is 6.58 Å². The molecule has 0 aromatic rings. The molecule has 2 saturated heterocycles. The highest BCUT2D eigenvalue weighted by molar-refractivity contribution is 5.81. The molecule has 3 unspecified atom stereocenters. The maximum atomic E-state index is 12.3. The molecule has 3 atom stereocenters. The minimum atomic E-state index is -0.475. The molecule has 0 spiro atoms. The van der Waals surface area contributed by atoms with E-state index in [1.165, 1.54) is 0 Å². The Balaban J connectivity index is 2.16. The van der Waals surface area contributed by atoms with Crippen LogP contribution in [0.1, 0.15) is 19.8 Å². The summed E-state index contributed by atoms with van der Waals surface area (Å²) in [7, 11) is 0. The molecule has 2 aliphatic heterocycles. The maximum absolute atomic E-state index is 12.3. The molecule has 0 aromatic carbocycles. The summed E-state index contributed by atoms with van der Waals surface area (Å²) < 4.78 is 5.28. The van der Waals surface area contributed by atoms with Crippen molar-refractivity contribution in [3.05, 3.63) is 12.7 Å². The molecule has 4 heteroatoms. The van der Waals surface area contributed by atoms with Gasteiger partial charge in [-0.05, 0) is 26.3 Å². The van der Waals surface area contributed by atoms with E-state index in [-0.39, 0.29) is 5.97 Å². The van der Waals surface area contributed by atoms with Gasteiger partial charge in [-0.2, -0.15) is 0 Å². The van der Waals surface area contributed by atoms with Crippen molar-refractivity contribution in [2.75, 3.05) is 32.8 Å². The normalized spacial score (nSPS) is 35.6. The average Bonchev–Trinajstić information content (AvgIpc) is 2.73. The fourth-order valence-electron chi connectivity index (χ4n) is 3.06. The van der Waals surface area contributed by atoms with Gasteiger partial charge in [0.25, 0.3) is 0 Å². The lowest BCUT2D eigenvalue weighted by Crippen LogP contribution is -2.62. The number of hydrogen-bond donors (Lipinski definition) is 1. The maximum Gasteiger partial charge on any atom is 0.326 e. The Bertz CT molecular complexity index is 306. The highest BCUT2D eigenvalue weighted by atomic mass is 16.5. The SMILES string of the molecule is C=CCNC1(C(=O)OCC)CCN2CCC1C2.